The van der Waals surface area contributed by atoms with Crippen molar-refractivity contribution < 1.29 is 0 Å². The largest absolute Gasteiger partial charge is 0.298 e. The van der Waals surface area contributed by atoms with Crippen LogP contribution in [0.5, 0.6) is 0 Å². The first-order valence-corrected chi connectivity index (χ1v) is 8.27. The summed E-state index contributed by atoms with van der Waals surface area (Å²) in [4.78, 5) is 2.24. The van der Waals surface area contributed by atoms with Crippen LogP contribution >= 0.6 is 11.6 Å². The fourth-order valence-electron chi connectivity index (χ4n) is 2.32. The molecule has 0 aliphatic carbocycles. The minimum Gasteiger partial charge on any atom is -0.298 e. The molecule has 0 saturated carbocycles. The maximum Gasteiger partial charge on any atom is 0.0877 e. The van der Waals surface area contributed by atoms with Crippen molar-refractivity contribution in [3.8, 4) is 11.8 Å². The van der Waals surface area contributed by atoms with Crippen LogP contribution in [0.25, 0.3) is 10.8 Å². The third kappa shape index (κ3) is 5.75. The highest BCUT2D eigenvalue weighted by molar-refractivity contribution is 6.32. The molecular weight excluding hydrogens is 302 g/mol. The van der Waals surface area contributed by atoms with Crippen molar-refractivity contribution in [3.05, 3.63) is 59.1 Å². The lowest BCUT2D eigenvalue weighted by atomic mass is 9.98. The summed E-state index contributed by atoms with van der Waals surface area (Å²) in [5.41, 5.74) is 1.30. The van der Waals surface area contributed by atoms with Crippen molar-refractivity contribution in [3.63, 3.8) is 0 Å². The van der Waals surface area contributed by atoms with E-state index in [9.17, 15) is 0 Å². The predicted molar refractivity (Wildman–Crippen MR) is 101 cm³/mol. The second kappa shape index (κ2) is 7.68. The average molecular weight is 326 g/mol. The molecule has 2 aromatic rings. The molecular formula is C21H24ClN. The molecule has 0 radical (unpaired) electrons. The predicted octanol–water partition coefficient (Wildman–Crippen LogP) is 5.44. The van der Waals surface area contributed by atoms with Gasteiger partial charge in [0.25, 0.3) is 0 Å². The van der Waals surface area contributed by atoms with Crippen LogP contribution in [0, 0.1) is 17.3 Å². The normalized spacial score (nSPS) is 12.3. The number of likely N-dealkylation sites (N-methyl/N-ethyl adjacent to an activating group) is 1. The first-order valence-electron chi connectivity index (χ1n) is 7.89. The minimum atomic E-state index is -0.0250. The van der Waals surface area contributed by atoms with Crippen LogP contribution < -0.4 is 0 Å². The molecule has 0 heterocycles. The molecule has 0 bridgehead atoms. The van der Waals surface area contributed by atoms with E-state index >= 15 is 0 Å². The summed E-state index contributed by atoms with van der Waals surface area (Å²) in [6.45, 7) is 7.90. The van der Waals surface area contributed by atoms with Gasteiger partial charge in [-0.15, -0.1) is 0 Å². The van der Waals surface area contributed by atoms with Gasteiger partial charge in [-0.05, 0) is 50.2 Å². The number of rotatable bonds is 4. The lowest BCUT2D eigenvalue weighted by Crippen LogP contribution is -2.18. The maximum atomic E-state index is 6.19. The average Bonchev–Trinajstić information content (AvgIpc) is 2.50. The Kier molecular flexibility index (Phi) is 5.88. The smallest absolute Gasteiger partial charge is 0.0877 e. The van der Waals surface area contributed by atoms with Gasteiger partial charge in [0.1, 0.15) is 0 Å². The fourth-order valence-corrected chi connectivity index (χ4v) is 2.44. The van der Waals surface area contributed by atoms with Gasteiger partial charge in [-0.3, -0.25) is 4.90 Å². The molecule has 0 aliphatic heterocycles. The van der Waals surface area contributed by atoms with E-state index in [2.05, 4.69) is 87.0 Å². The monoisotopic (exact) mass is 325 g/mol. The number of nitrogens with zero attached hydrogens (tertiary/aromatic N) is 1. The fraction of sp³-hybridized carbons (Fsp3) is 0.333. The Morgan fingerprint density at radius 1 is 1.13 bits per heavy atom. The molecule has 23 heavy (non-hydrogen) atoms. The van der Waals surface area contributed by atoms with Crippen molar-refractivity contribution in [2.24, 2.45) is 5.41 Å². The molecule has 120 valence electrons. The van der Waals surface area contributed by atoms with Gasteiger partial charge in [0.2, 0.25) is 0 Å². The van der Waals surface area contributed by atoms with Crippen LogP contribution in [0.2, 0.25) is 0 Å². The molecule has 0 amide bonds. The quantitative estimate of drug-likeness (QED) is 0.676. The summed E-state index contributed by atoms with van der Waals surface area (Å²) in [6, 6.07) is 14.9. The van der Waals surface area contributed by atoms with Gasteiger partial charge in [-0.2, -0.15) is 0 Å². The Bertz CT molecular complexity index is 751. The molecule has 0 unspecified atom stereocenters. The van der Waals surface area contributed by atoms with Crippen LogP contribution in [-0.4, -0.2) is 18.5 Å². The first kappa shape index (κ1) is 17.6. The summed E-state index contributed by atoms with van der Waals surface area (Å²) >= 11 is 6.19. The van der Waals surface area contributed by atoms with E-state index in [1.165, 1.54) is 16.3 Å². The Balaban J connectivity index is 2.04. The summed E-state index contributed by atoms with van der Waals surface area (Å²) < 4.78 is 0. The molecule has 2 heteroatoms. The number of fused-ring (bicyclic) bond motifs is 1. The van der Waals surface area contributed by atoms with Crippen molar-refractivity contribution in [2.45, 2.75) is 27.3 Å². The van der Waals surface area contributed by atoms with Gasteiger partial charge >= 0.3 is 0 Å². The zero-order valence-electron chi connectivity index (χ0n) is 14.4. The zero-order valence-corrected chi connectivity index (χ0v) is 15.1. The third-order valence-electron chi connectivity index (χ3n) is 3.46. The number of benzene rings is 2. The van der Waals surface area contributed by atoms with Crippen molar-refractivity contribution in [1.82, 2.24) is 4.90 Å². The Labute approximate surface area is 145 Å². The van der Waals surface area contributed by atoms with E-state index in [-0.39, 0.29) is 5.41 Å². The van der Waals surface area contributed by atoms with Gasteiger partial charge < -0.3 is 0 Å². The van der Waals surface area contributed by atoms with Gasteiger partial charge in [0.05, 0.1) is 5.03 Å². The van der Waals surface area contributed by atoms with Gasteiger partial charge in [0.15, 0.2) is 0 Å². The molecule has 0 fully saturated rings. The number of halogens is 1. The molecule has 0 aromatic heterocycles. The maximum absolute atomic E-state index is 6.19. The summed E-state index contributed by atoms with van der Waals surface area (Å²) in [6.07, 6.45) is 1.98. The lowest BCUT2D eigenvalue weighted by Gasteiger charge is -2.16. The summed E-state index contributed by atoms with van der Waals surface area (Å²) in [7, 11) is 2.10. The van der Waals surface area contributed by atoms with Gasteiger partial charge in [-0.1, -0.05) is 65.9 Å². The summed E-state index contributed by atoms with van der Waals surface area (Å²) in [5, 5.41) is 3.21. The molecule has 0 atom stereocenters. The second-order valence-corrected chi connectivity index (χ2v) is 7.29. The topological polar surface area (TPSA) is 3.24 Å². The van der Waals surface area contributed by atoms with Crippen LogP contribution in [-0.2, 0) is 6.54 Å². The lowest BCUT2D eigenvalue weighted by molar-refractivity contribution is 0.364. The van der Waals surface area contributed by atoms with Gasteiger partial charge in [0, 0.05) is 18.5 Å². The molecule has 0 spiro atoms. The Morgan fingerprint density at radius 3 is 2.57 bits per heavy atom. The van der Waals surface area contributed by atoms with Crippen molar-refractivity contribution >= 4 is 22.4 Å². The van der Waals surface area contributed by atoms with E-state index in [1.807, 2.05) is 6.08 Å². The Morgan fingerprint density at radius 2 is 1.83 bits per heavy atom. The van der Waals surface area contributed by atoms with E-state index < -0.39 is 0 Å². The van der Waals surface area contributed by atoms with E-state index in [1.54, 1.807) is 0 Å². The van der Waals surface area contributed by atoms with Crippen LogP contribution in [0.3, 0.4) is 0 Å². The highest BCUT2D eigenvalue weighted by Crippen LogP contribution is 2.19. The Hall–Kier alpha value is -1.75. The van der Waals surface area contributed by atoms with Gasteiger partial charge in [-0.25, -0.2) is 0 Å². The number of hydrogen-bond donors (Lipinski definition) is 0. The molecule has 2 aromatic carbocycles. The van der Waals surface area contributed by atoms with Crippen LogP contribution in [0.1, 0.15) is 26.3 Å². The SMILES string of the molecule is CN(C/C=C(/Cl)C#CC(C)(C)C)Cc1cccc2ccccc12. The van der Waals surface area contributed by atoms with Crippen LogP contribution in [0.4, 0.5) is 0 Å². The highest BCUT2D eigenvalue weighted by Gasteiger charge is 2.05. The van der Waals surface area contributed by atoms with E-state index in [0.29, 0.717) is 5.03 Å². The second-order valence-electron chi connectivity index (χ2n) is 6.89. The van der Waals surface area contributed by atoms with Crippen molar-refractivity contribution in [2.75, 3.05) is 13.6 Å². The standard InChI is InChI=1S/C21H24ClN/c1-21(2,3)14-12-19(22)13-15-23(4)16-18-10-7-9-17-8-5-6-11-20(17)18/h5-11,13H,15-16H2,1-4H3/b19-13+. The molecule has 2 rings (SSSR count). The van der Waals surface area contributed by atoms with E-state index in [4.69, 9.17) is 11.6 Å². The van der Waals surface area contributed by atoms with Crippen LogP contribution in [0.15, 0.2) is 53.6 Å². The first-order chi connectivity index (χ1) is 10.8. The molecule has 0 aliphatic rings. The van der Waals surface area contributed by atoms with E-state index in [0.717, 1.165) is 13.1 Å². The molecule has 1 nitrogen and oxygen atoms in total. The summed E-state index contributed by atoms with van der Waals surface area (Å²) in [5.74, 6) is 6.17. The van der Waals surface area contributed by atoms with Crippen molar-refractivity contribution in [1.29, 1.82) is 0 Å². The minimum absolute atomic E-state index is 0.0250. The molecule has 0 saturated heterocycles. The molecule has 0 N–H and O–H groups in total. The third-order valence-corrected chi connectivity index (χ3v) is 3.71. The number of hydrogen-bond acceptors (Lipinski definition) is 1. The zero-order chi connectivity index (χ0) is 16.9. The number of allylic oxidation sites excluding steroid dienone is 1. The highest BCUT2D eigenvalue weighted by atomic mass is 35.5.